The van der Waals surface area contributed by atoms with E-state index in [0.717, 1.165) is 11.3 Å². The van der Waals surface area contributed by atoms with E-state index in [2.05, 4.69) is 46.7 Å². The van der Waals surface area contributed by atoms with Gasteiger partial charge in [-0.1, -0.05) is 36.0 Å². The van der Waals surface area contributed by atoms with Crippen LogP contribution in [0.2, 0.25) is 0 Å². The first-order chi connectivity index (χ1) is 19.5. The van der Waals surface area contributed by atoms with Crippen LogP contribution >= 0.6 is 0 Å². The first-order valence-corrected chi connectivity index (χ1v) is 14.4. The summed E-state index contributed by atoms with van der Waals surface area (Å²) in [5.74, 6) is 4.17. The lowest BCUT2D eigenvalue weighted by atomic mass is 10.1. The molecule has 3 N–H and O–H groups in total. The van der Waals surface area contributed by atoms with E-state index in [-0.39, 0.29) is 37.2 Å². The Hall–Kier alpha value is -4.32. The molecule has 0 radical (unpaired) electrons. The third-order valence-electron chi connectivity index (χ3n) is 6.53. The fourth-order valence-corrected chi connectivity index (χ4v) is 5.58. The summed E-state index contributed by atoms with van der Waals surface area (Å²) in [7, 11) is -3.92. The third-order valence-corrected chi connectivity index (χ3v) is 8.12. The van der Waals surface area contributed by atoms with Gasteiger partial charge in [-0.3, -0.25) is 14.6 Å². The zero-order chi connectivity index (χ0) is 29.6. The van der Waals surface area contributed by atoms with Gasteiger partial charge in [0.15, 0.2) is 0 Å². The van der Waals surface area contributed by atoms with Crippen LogP contribution in [0, 0.1) is 24.7 Å². The maximum atomic E-state index is 12.7. The molecule has 2 aromatic heterocycles. The Morgan fingerprint density at radius 2 is 1.73 bits per heavy atom. The summed E-state index contributed by atoms with van der Waals surface area (Å²) in [5, 5.41) is 19.5. The number of anilines is 1. The molecule has 3 heterocycles. The number of aromatic nitrogens is 3. The number of nitrogens with one attached hydrogen (secondary N) is 2. The van der Waals surface area contributed by atoms with E-state index in [1.54, 1.807) is 32.9 Å². The lowest BCUT2D eigenvalue weighted by Gasteiger charge is -2.36. The van der Waals surface area contributed by atoms with Crippen molar-refractivity contribution in [2.45, 2.75) is 33.4 Å². The van der Waals surface area contributed by atoms with Crippen molar-refractivity contribution in [3.05, 3.63) is 70.8 Å². The third kappa shape index (κ3) is 7.66. The molecule has 14 heteroatoms. The van der Waals surface area contributed by atoms with E-state index in [9.17, 15) is 23.1 Å². The fourth-order valence-electron chi connectivity index (χ4n) is 4.09. The zero-order valence-electron chi connectivity index (χ0n) is 22.9. The molecule has 1 aliphatic rings. The number of nitrogens with zero attached hydrogens (tertiary/aromatic N) is 5. The molecule has 4 rings (SSSR count). The summed E-state index contributed by atoms with van der Waals surface area (Å²) in [5.41, 5.74) is 3.68. The molecule has 1 aliphatic heterocycles. The van der Waals surface area contributed by atoms with Gasteiger partial charge in [0, 0.05) is 49.2 Å². The van der Waals surface area contributed by atoms with E-state index in [4.69, 9.17) is 0 Å². The van der Waals surface area contributed by atoms with Gasteiger partial charge >= 0.3 is 5.97 Å². The number of piperazine rings is 1. The van der Waals surface area contributed by atoms with Gasteiger partial charge < -0.3 is 15.3 Å². The van der Waals surface area contributed by atoms with Crippen molar-refractivity contribution in [3.8, 4) is 11.8 Å². The summed E-state index contributed by atoms with van der Waals surface area (Å²) in [6, 6.07) is 9.70. The standard InChI is InChI=1S/C27H31N7O6S/c1-18(2)25(27(36)37)32-41(38,39)34-14-12-33(13-15-34)22-8-6-20(7-9-22)4-5-21-10-11-28-23(16-21)26(35)29-17-24-19(3)30-40-31-24/h6-11,16,18,25,32H,12-15,17H2,1-3H3,(H,29,35)(H,36,37)/t25-/m1/s1. The van der Waals surface area contributed by atoms with Crippen LogP contribution in [0.5, 0.6) is 0 Å². The highest BCUT2D eigenvalue weighted by Gasteiger charge is 2.33. The summed E-state index contributed by atoms with van der Waals surface area (Å²) in [6.07, 6.45) is 1.52. The van der Waals surface area contributed by atoms with Crippen molar-refractivity contribution >= 4 is 27.8 Å². The molecular weight excluding hydrogens is 550 g/mol. The lowest BCUT2D eigenvalue weighted by Crippen LogP contribution is -2.55. The van der Waals surface area contributed by atoms with Gasteiger partial charge in [0.05, 0.1) is 6.54 Å². The Morgan fingerprint density at radius 1 is 1.05 bits per heavy atom. The number of aliphatic carboxylic acids is 1. The Morgan fingerprint density at radius 3 is 2.34 bits per heavy atom. The molecule has 41 heavy (non-hydrogen) atoms. The monoisotopic (exact) mass is 581 g/mol. The minimum atomic E-state index is -3.92. The number of hydrogen-bond acceptors (Lipinski definition) is 9. The first-order valence-electron chi connectivity index (χ1n) is 12.9. The molecular formula is C27H31N7O6S. The smallest absolute Gasteiger partial charge is 0.322 e. The molecule has 1 atom stereocenters. The molecule has 0 aliphatic carbocycles. The fraction of sp³-hybridized carbons (Fsp3) is 0.370. The predicted octanol–water partition coefficient (Wildman–Crippen LogP) is 1.17. The van der Waals surface area contributed by atoms with E-state index >= 15 is 0 Å². The molecule has 0 saturated carbocycles. The minimum Gasteiger partial charge on any atom is -0.480 e. The van der Waals surface area contributed by atoms with E-state index in [1.807, 2.05) is 24.3 Å². The number of hydrogen-bond donors (Lipinski definition) is 3. The van der Waals surface area contributed by atoms with Crippen molar-refractivity contribution in [3.63, 3.8) is 0 Å². The number of amides is 1. The topological polar surface area (TPSA) is 171 Å². The van der Waals surface area contributed by atoms with Crippen LogP contribution in [0.3, 0.4) is 0 Å². The molecule has 1 amide bonds. The van der Waals surface area contributed by atoms with Gasteiger partial charge in [-0.05, 0) is 49.2 Å². The van der Waals surface area contributed by atoms with Crippen LogP contribution in [-0.2, 0) is 21.5 Å². The largest absolute Gasteiger partial charge is 0.480 e. The molecule has 13 nitrogen and oxygen atoms in total. The summed E-state index contributed by atoms with van der Waals surface area (Å²) in [4.78, 5) is 30.1. The molecule has 216 valence electrons. The lowest BCUT2D eigenvalue weighted by molar-refractivity contribution is -0.140. The number of carboxylic acid groups (broad SMARTS) is 1. The van der Waals surface area contributed by atoms with Gasteiger partial charge in [0.2, 0.25) is 0 Å². The highest BCUT2D eigenvalue weighted by molar-refractivity contribution is 7.87. The first kappa shape index (κ1) is 29.7. The van der Waals surface area contributed by atoms with Gasteiger partial charge in [-0.15, -0.1) is 0 Å². The SMILES string of the molecule is Cc1nonc1CNC(=O)c1cc(C#Cc2ccc(N3CCN(S(=O)(=O)N[C@@H](C(=O)O)C(C)C)CC3)cc2)ccn1. The average molecular weight is 582 g/mol. The highest BCUT2D eigenvalue weighted by Crippen LogP contribution is 2.19. The summed E-state index contributed by atoms with van der Waals surface area (Å²) in [6.45, 7) is 6.59. The average Bonchev–Trinajstić information content (AvgIpc) is 3.38. The van der Waals surface area contributed by atoms with Crippen molar-refractivity contribution in [2.24, 2.45) is 5.92 Å². The van der Waals surface area contributed by atoms with Crippen LogP contribution < -0.4 is 14.9 Å². The van der Waals surface area contributed by atoms with Crippen LogP contribution in [-0.4, -0.2) is 77.2 Å². The summed E-state index contributed by atoms with van der Waals surface area (Å²) >= 11 is 0. The number of rotatable bonds is 9. The molecule has 3 aromatic rings. The minimum absolute atomic E-state index is 0.170. The van der Waals surface area contributed by atoms with Crippen molar-refractivity contribution in [2.75, 3.05) is 31.1 Å². The molecule has 0 unspecified atom stereocenters. The van der Waals surface area contributed by atoms with Crippen molar-refractivity contribution in [1.82, 2.24) is 29.6 Å². The maximum absolute atomic E-state index is 12.7. The predicted molar refractivity (Wildman–Crippen MR) is 149 cm³/mol. The van der Waals surface area contributed by atoms with Crippen LogP contribution in [0.15, 0.2) is 47.2 Å². The van der Waals surface area contributed by atoms with Crippen LogP contribution in [0.1, 0.15) is 46.9 Å². The van der Waals surface area contributed by atoms with Gasteiger partial charge in [0.1, 0.15) is 23.1 Å². The van der Waals surface area contributed by atoms with E-state index < -0.39 is 22.2 Å². The number of benzene rings is 1. The van der Waals surface area contributed by atoms with E-state index in [1.165, 1.54) is 10.5 Å². The molecule has 1 fully saturated rings. The number of aryl methyl sites for hydroxylation is 1. The Bertz CT molecular complexity index is 1550. The summed E-state index contributed by atoms with van der Waals surface area (Å²) < 4.78 is 33.6. The normalized spacial score (nSPS) is 14.8. The van der Waals surface area contributed by atoms with Crippen molar-refractivity contribution < 1.29 is 27.7 Å². The quantitative estimate of drug-likeness (QED) is 0.312. The second-order valence-corrected chi connectivity index (χ2v) is 11.5. The van der Waals surface area contributed by atoms with Gasteiger partial charge in [-0.2, -0.15) is 17.4 Å². The molecule has 0 spiro atoms. The van der Waals surface area contributed by atoms with Crippen LogP contribution in [0.25, 0.3) is 0 Å². The second-order valence-electron chi connectivity index (χ2n) is 9.77. The number of carbonyl (C=O) groups excluding carboxylic acids is 1. The highest BCUT2D eigenvalue weighted by atomic mass is 32.2. The Kier molecular flexibility index (Phi) is 9.33. The molecule has 0 bridgehead atoms. The number of carbonyl (C=O) groups is 2. The van der Waals surface area contributed by atoms with E-state index in [0.29, 0.717) is 30.0 Å². The Labute approximate surface area is 238 Å². The maximum Gasteiger partial charge on any atom is 0.322 e. The number of pyridine rings is 1. The Balaban J connectivity index is 1.33. The molecule has 1 saturated heterocycles. The molecule has 1 aromatic carbocycles. The zero-order valence-corrected chi connectivity index (χ0v) is 23.7. The van der Waals surface area contributed by atoms with Gasteiger partial charge in [-0.25, -0.2) is 4.63 Å². The van der Waals surface area contributed by atoms with Gasteiger partial charge in [0.25, 0.3) is 16.1 Å². The second kappa shape index (κ2) is 12.9. The number of carboxylic acids is 1. The van der Waals surface area contributed by atoms with Crippen molar-refractivity contribution in [1.29, 1.82) is 0 Å². The van der Waals surface area contributed by atoms with Crippen LogP contribution in [0.4, 0.5) is 5.69 Å².